The second-order valence-electron chi connectivity index (χ2n) is 12.4. The first-order valence-electron chi connectivity index (χ1n) is 13.8. The number of ether oxygens (including phenoxy) is 4. The van der Waals surface area contributed by atoms with Crippen molar-refractivity contribution in [3.05, 3.63) is 12.2 Å². The Bertz CT molecular complexity index is 715. The first kappa shape index (κ1) is 31.4. The van der Waals surface area contributed by atoms with Crippen LogP contribution in [0.25, 0.3) is 0 Å². The SMILES string of the molecule is CC(=O)O[C@@H]1C[C@H]([C@H]2OC(C)(C)O[C@@H]2/C=C/CCCCCO[Si](C)(C)C(C)(C)C)O[C@H](CCO)[C@@H]1C. The second kappa shape index (κ2) is 13.3. The third kappa shape index (κ3) is 9.21. The zero-order valence-electron chi connectivity index (χ0n) is 24.2. The molecule has 2 saturated heterocycles. The van der Waals surface area contributed by atoms with Crippen LogP contribution in [0, 0.1) is 5.92 Å². The molecule has 0 aromatic heterocycles. The average molecular weight is 529 g/mol. The minimum absolute atomic E-state index is 0.00208. The highest BCUT2D eigenvalue weighted by Gasteiger charge is 2.49. The van der Waals surface area contributed by atoms with Crippen LogP contribution in [0.15, 0.2) is 12.2 Å². The Kier molecular flexibility index (Phi) is 11.7. The van der Waals surface area contributed by atoms with Crippen LogP contribution in [0.5, 0.6) is 0 Å². The molecular weight excluding hydrogens is 476 g/mol. The van der Waals surface area contributed by atoms with Gasteiger partial charge in [-0.3, -0.25) is 4.79 Å². The molecular formula is C28H52O7Si. The van der Waals surface area contributed by atoms with E-state index in [-0.39, 0.29) is 54.1 Å². The van der Waals surface area contributed by atoms with Gasteiger partial charge in [-0.15, -0.1) is 0 Å². The molecule has 2 aliphatic rings. The molecule has 0 unspecified atom stereocenters. The molecule has 8 heteroatoms. The summed E-state index contributed by atoms with van der Waals surface area (Å²) in [4.78, 5) is 11.7. The highest BCUT2D eigenvalue weighted by atomic mass is 28.4. The van der Waals surface area contributed by atoms with Gasteiger partial charge in [-0.2, -0.15) is 0 Å². The van der Waals surface area contributed by atoms with Crippen LogP contribution in [-0.4, -0.2) is 68.9 Å². The molecule has 36 heavy (non-hydrogen) atoms. The van der Waals surface area contributed by atoms with Crippen molar-refractivity contribution in [3.63, 3.8) is 0 Å². The summed E-state index contributed by atoms with van der Waals surface area (Å²) >= 11 is 0. The molecule has 6 atom stereocenters. The average Bonchev–Trinajstić information content (AvgIpc) is 3.06. The number of unbranched alkanes of at least 4 members (excludes halogenated alkanes) is 3. The predicted molar refractivity (Wildman–Crippen MR) is 144 cm³/mol. The summed E-state index contributed by atoms with van der Waals surface area (Å²) in [6, 6.07) is 0. The van der Waals surface area contributed by atoms with Crippen LogP contribution < -0.4 is 0 Å². The number of allylic oxidation sites excluding steroid dienone is 1. The number of carbonyl (C=O) groups excluding carboxylic acids is 1. The summed E-state index contributed by atoms with van der Waals surface area (Å²) in [7, 11) is -1.66. The summed E-state index contributed by atoms with van der Waals surface area (Å²) in [6.45, 7) is 19.5. The van der Waals surface area contributed by atoms with E-state index < -0.39 is 14.1 Å². The molecule has 2 heterocycles. The van der Waals surface area contributed by atoms with Crippen LogP contribution in [0.4, 0.5) is 0 Å². The molecule has 0 radical (unpaired) electrons. The minimum atomic E-state index is -1.66. The standard InChI is InChI=1S/C28H52O7Si/c1-20-22(16-17-29)33-25(19-24(20)32-21(2)30)26-23(34-28(6,7)35-26)15-13-11-10-12-14-18-31-36(8,9)27(3,4)5/h13,15,20,22-26,29H,10-12,14,16-19H2,1-9H3/b15-13+/t20-,22+,23+,24+,25+,26-/m0/s1. The fourth-order valence-electron chi connectivity index (χ4n) is 4.69. The molecule has 0 bridgehead atoms. The number of aliphatic hydroxyl groups excluding tert-OH is 1. The number of hydrogen-bond donors (Lipinski definition) is 1. The van der Waals surface area contributed by atoms with Gasteiger partial charge in [0.1, 0.15) is 18.3 Å². The fourth-order valence-corrected chi connectivity index (χ4v) is 5.78. The normalized spacial score (nSPS) is 31.2. The Morgan fingerprint density at radius 1 is 1.17 bits per heavy atom. The lowest BCUT2D eigenvalue weighted by Crippen LogP contribution is -2.51. The number of rotatable bonds is 12. The van der Waals surface area contributed by atoms with Gasteiger partial charge in [-0.05, 0) is 57.7 Å². The largest absolute Gasteiger partial charge is 0.462 e. The van der Waals surface area contributed by atoms with E-state index in [1.165, 1.54) is 6.92 Å². The van der Waals surface area contributed by atoms with Gasteiger partial charge in [0, 0.05) is 32.5 Å². The van der Waals surface area contributed by atoms with Crippen molar-refractivity contribution >= 4 is 14.3 Å². The van der Waals surface area contributed by atoms with E-state index in [0.717, 1.165) is 32.3 Å². The van der Waals surface area contributed by atoms with E-state index in [0.29, 0.717) is 12.8 Å². The zero-order valence-corrected chi connectivity index (χ0v) is 25.2. The Labute approximate surface area is 220 Å². The number of esters is 1. The van der Waals surface area contributed by atoms with Gasteiger partial charge >= 0.3 is 5.97 Å². The van der Waals surface area contributed by atoms with Crippen LogP contribution in [0.3, 0.4) is 0 Å². The van der Waals surface area contributed by atoms with Crippen molar-refractivity contribution in [1.29, 1.82) is 0 Å². The summed E-state index contributed by atoms with van der Waals surface area (Å²) < 4.78 is 30.8. The minimum Gasteiger partial charge on any atom is -0.462 e. The van der Waals surface area contributed by atoms with E-state index in [1.54, 1.807) is 0 Å². The van der Waals surface area contributed by atoms with Crippen molar-refractivity contribution in [2.75, 3.05) is 13.2 Å². The maximum atomic E-state index is 11.7. The highest BCUT2D eigenvalue weighted by Crippen LogP contribution is 2.39. The molecule has 0 saturated carbocycles. The predicted octanol–water partition coefficient (Wildman–Crippen LogP) is 5.75. The maximum absolute atomic E-state index is 11.7. The molecule has 2 fully saturated rings. The van der Waals surface area contributed by atoms with E-state index in [9.17, 15) is 9.90 Å². The zero-order chi connectivity index (χ0) is 27.1. The van der Waals surface area contributed by atoms with E-state index >= 15 is 0 Å². The smallest absolute Gasteiger partial charge is 0.302 e. The lowest BCUT2D eigenvalue weighted by atomic mass is 9.86. The van der Waals surface area contributed by atoms with Crippen molar-refractivity contribution in [1.82, 2.24) is 0 Å². The van der Waals surface area contributed by atoms with Crippen molar-refractivity contribution in [2.45, 2.75) is 141 Å². The summed E-state index contributed by atoms with van der Waals surface area (Å²) in [5.74, 6) is -1.02. The van der Waals surface area contributed by atoms with Gasteiger partial charge in [0.25, 0.3) is 0 Å². The molecule has 2 rings (SSSR count). The molecule has 0 amide bonds. The first-order valence-corrected chi connectivity index (χ1v) is 16.7. The monoisotopic (exact) mass is 528 g/mol. The highest BCUT2D eigenvalue weighted by molar-refractivity contribution is 6.74. The molecule has 0 aromatic carbocycles. The van der Waals surface area contributed by atoms with Crippen LogP contribution in [0.1, 0.15) is 87.0 Å². The van der Waals surface area contributed by atoms with Crippen molar-refractivity contribution in [2.24, 2.45) is 5.92 Å². The van der Waals surface area contributed by atoms with E-state index in [1.807, 2.05) is 20.8 Å². The van der Waals surface area contributed by atoms with Gasteiger partial charge in [0.05, 0.1) is 12.2 Å². The summed E-state index contributed by atoms with van der Waals surface area (Å²) in [5, 5.41) is 9.78. The third-order valence-electron chi connectivity index (χ3n) is 7.86. The molecule has 7 nitrogen and oxygen atoms in total. The van der Waals surface area contributed by atoms with Crippen LogP contribution in [0.2, 0.25) is 18.1 Å². The lowest BCUT2D eigenvalue weighted by Gasteiger charge is -2.42. The Hall–Kier alpha value is -0.773. The van der Waals surface area contributed by atoms with Gasteiger partial charge in [-0.1, -0.05) is 46.3 Å². The number of hydrogen-bond acceptors (Lipinski definition) is 7. The van der Waals surface area contributed by atoms with Crippen molar-refractivity contribution < 1.29 is 33.3 Å². The summed E-state index contributed by atoms with van der Waals surface area (Å²) in [6.07, 6.45) is 8.28. The number of carbonyl (C=O) groups is 1. The molecule has 0 aliphatic carbocycles. The number of aliphatic hydroxyl groups is 1. The Morgan fingerprint density at radius 3 is 2.47 bits per heavy atom. The van der Waals surface area contributed by atoms with Crippen LogP contribution >= 0.6 is 0 Å². The van der Waals surface area contributed by atoms with E-state index in [4.69, 9.17) is 23.4 Å². The fraction of sp³-hybridized carbons (Fsp3) is 0.893. The van der Waals surface area contributed by atoms with Crippen LogP contribution in [-0.2, 0) is 28.2 Å². The Morgan fingerprint density at radius 2 is 1.86 bits per heavy atom. The molecule has 2 aliphatic heterocycles. The lowest BCUT2D eigenvalue weighted by molar-refractivity contribution is -0.203. The molecule has 210 valence electrons. The summed E-state index contributed by atoms with van der Waals surface area (Å²) in [5.41, 5.74) is 0. The molecule has 1 N–H and O–H groups in total. The quantitative estimate of drug-likeness (QED) is 0.149. The second-order valence-corrected chi connectivity index (χ2v) is 17.2. The van der Waals surface area contributed by atoms with Gasteiger partial charge in [0.2, 0.25) is 0 Å². The molecule has 0 spiro atoms. The van der Waals surface area contributed by atoms with Gasteiger partial charge < -0.3 is 28.5 Å². The van der Waals surface area contributed by atoms with Crippen molar-refractivity contribution in [3.8, 4) is 0 Å². The topological polar surface area (TPSA) is 83.5 Å². The van der Waals surface area contributed by atoms with Gasteiger partial charge in [0.15, 0.2) is 14.1 Å². The Balaban J connectivity index is 1.90. The van der Waals surface area contributed by atoms with Gasteiger partial charge in [-0.25, -0.2) is 0 Å². The first-order chi connectivity index (χ1) is 16.7. The maximum Gasteiger partial charge on any atom is 0.302 e. The van der Waals surface area contributed by atoms with E-state index in [2.05, 4.69) is 46.0 Å². The molecule has 0 aromatic rings. The third-order valence-corrected chi connectivity index (χ3v) is 12.4.